The molecule has 0 spiro atoms. The van der Waals surface area contributed by atoms with Crippen LogP contribution in [0.5, 0.6) is 0 Å². The molecule has 0 bridgehead atoms. The van der Waals surface area contributed by atoms with E-state index in [9.17, 15) is 9.90 Å². The largest absolute Gasteiger partial charge is 0.392 e. The molecular formula is C24H33N3O2. The van der Waals surface area contributed by atoms with E-state index >= 15 is 0 Å². The molecule has 156 valence electrons. The lowest BCUT2D eigenvalue weighted by Crippen LogP contribution is -2.44. The number of hydrogen-bond donors (Lipinski definition) is 3. The zero-order valence-corrected chi connectivity index (χ0v) is 17.7. The minimum atomic E-state index is -0.250. The number of carbonyl (C=O) groups is 1. The first kappa shape index (κ1) is 21.3. The van der Waals surface area contributed by atoms with Gasteiger partial charge in [0.25, 0.3) is 5.91 Å². The highest BCUT2D eigenvalue weighted by molar-refractivity contribution is 6.05. The monoisotopic (exact) mass is 395 g/mol. The molecule has 1 amide bonds. The molecule has 1 fully saturated rings. The number of benzene rings is 2. The Morgan fingerprint density at radius 2 is 1.83 bits per heavy atom. The highest BCUT2D eigenvalue weighted by Crippen LogP contribution is 2.23. The van der Waals surface area contributed by atoms with Crippen LogP contribution in [0.4, 0.5) is 11.4 Å². The molecule has 1 aliphatic heterocycles. The molecule has 1 atom stereocenters. The second-order valence-corrected chi connectivity index (χ2v) is 8.05. The maximum absolute atomic E-state index is 12.6. The van der Waals surface area contributed by atoms with Gasteiger partial charge in [-0.25, -0.2) is 0 Å². The summed E-state index contributed by atoms with van der Waals surface area (Å²) in [6, 6.07) is 14.4. The van der Waals surface area contributed by atoms with Crippen LogP contribution < -0.4 is 15.5 Å². The second-order valence-electron chi connectivity index (χ2n) is 8.05. The fraction of sp³-hybridized carbons (Fsp3) is 0.458. The number of aliphatic hydroxyl groups excluding tert-OH is 1. The number of amides is 1. The van der Waals surface area contributed by atoms with E-state index in [0.717, 1.165) is 49.2 Å². The Hall–Kier alpha value is -2.37. The van der Waals surface area contributed by atoms with Crippen molar-refractivity contribution in [2.24, 2.45) is 0 Å². The molecule has 1 aliphatic rings. The summed E-state index contributed by atoms with van der Waals surface area (Å²) in [5.74, 6) is -0.0728. The van der Waals surface area contributed by atoms with Crippen LogP contribution in [0.1, 0.15) is 47.7 Å². The van der Waals surface area contributed by atoms with Crippen molar-refractivity contribution in [3.8, 4) is 0 Å². The minimum absolute atomic E-state index is 0.0728. The van der Waals surface area contributed by atoms with Gasteiger partial charge in [0, 0.05) is 42.6 Å². The molecule has 0 saturated carbocycles. The number of nitrogens with zero attached hydrogens (tertiary/aromatic N) is 1. The number of anilines is 2. The molecule has 5 heteroatoms. The smallest absolute Gasteiger partial charge is 0.255 e. The number of piperidine rings is 1. The molecule has 1 heterocycles. The molecule has 0 aromatic heterocycles. The molecule has 0 unspecified atom stereocenters. The van der Waals surface area contributed by atoms with Gasteiger partial charge in [0.2, 0.25) is 0 Å². The number of aryl methyl sites for hydroxylation is 2. The topological polar surface area (TPSA) is 64.6 Å². The van der Waals surface area contributed by atoms with Gasteiger partial charge in [0.15, 0.2) is 0 Å². The molecule has 2 aromatic rings. The lowest BCUT2D eigenvalue weighted by molar-refractivity contribution is 0.102. The van der Waals surface area contributed by atoms with Crippen LogP contribution in [-0.2, 0) is 0 Å². The molecule has 2 aromatic carbocycles. The van der Waals surface area contributed by atoms with E-state index in [4.69, 9.17) is 0 Å². The number of carbonyl (C=O) groups excluding carboxylic acids is 1. The predicted molar refractivity (Wildman–Crippen MR) is 120 cm³/mol. The van der Waals surface area contributed by atoms with E-state index in [1.54, 1.807) is 0 Å². The van der Waals surface area contributed by atoms with Gasteiger partial charge in [-0.1, -0.05) is 24.6 Å². The number of aliphatic hydroxyl groups is 1. The SMILES string of the molecule is CC[C@H](O)CNC1CCN(c2ccc(NC(=O)c3ccc(C)cc3C)cc2)CC1. The van der Waals surface area contributed by atoms with E-state index < -0.39 is 0 Å². The van der Waals surface area contributed by atoms with Crippen LogP contribution in [0.25, 0.3) is 0 Å². The van der Waals surface area contributed by atoms with Crippen molar-refractivity contribution < 1.29 is 9.90 Å². The normalized spacial score (nSPS) is 15.9. The maximum Gasteiger partial charge on any atom is 0.255 e. The van der Waals surface area contributed by atoms with Gasteiger partial charge < -0.3 is 20.6 Å². The first-order valence-corrected chi connectivity index (χ1v) is 10.6. The Bertz CT molecular complexity index is 811. The van der Waals surface area contributed by atoms with E-state index in [-0.39, 0.29) is 12.0 Å². The van der Waals surface area contributed by atoms with E-state index in [1.165, 1.54) is 5.69 Å². The molecule has 29 heavy (non-hydrogen) atoms. The zero-order chi connectivity index (χ0) is 20.8. The quantitative estimate of drug-likeness (QED) is 0.666. The van der Waals surface area contributed by atoms with Crippen molar-refractivity contribution in [1.29, 1.82) is 0 Å². The van der Waals surface area contributed by atoms with E-state index in [2.05, 4.69) is 27.7 Å². The molecule has 0 radical (unpaired) electrons. The van der Waals surface area contributed by atoms with Crippen molar-refractivity contribution >= 4 is 17.3 Å². The summed E-state index contributed by atoms with van der Waals surface area (Å²) in [6.07, 6.45) is 2.68. The fourth-order valence-electron chi connectivity index (χ4n) is 3.81. The Morgan fingerprint density at radius 1 is 1.14 bits per heavy atom. The van der Waals surface area contributed by atoms with Gasteiger partial charge in [0.1, 0.15) is 0 Å². The maximum atomic E-state index is 12.6. The minimum Gasteiger partial charge on any atom is -0.392 e. The van der Waals surface area contributed by atoms with Crippen LogP contribution >= 0.6 is 0 Å². The summed E-state index contributed by atoms with van der Waals surface area (Å²) < 4.78 is 0. The molecule has 5 nitrogen and oxygen atoms in total. The van der Waals surface area contributed by atoms with Gasteiger partial charge >= 0.3 is 0 Å². The molecule has 3 N–H and O–H groups in total. The third-order valence-corrected chi connectivity index (χ3v) is 5.73. The highest BCUT2D eigenvalue weighted by atomic mass is 16.3. The summed E-state index contributed by atoms with van der Waals surface area (Å²) in [4.78, 5) is 14.9. The molecule has 1 saturated heterocycles. The zero-order valence-electron chi connectivity index (χ0n) is 17.7. The first-order chi connectivity index (χ1) is 14.0. The first-order valence-electron chi connectivity index (χ1n) is 10.6. The summed E-state index contributed by atoms with van der Waals surface area (Å²) in [6.45, 7) is 8.66. The van der Waals surface area contributed by atoms with Gasteiger partial charge in [-0.2, -0.15) is 0 Å². The lowest BCUT2D eigenvalue weighted by Gasteiger charge is -2.34. The van der Waals surface area contributed by atoms with Crippen molar-refractivity contribution in [1.82, 2.24) is 5.32 Å². The number of hydrogen-bond acceptors (Lipinski definition) is 4. The van der Waals surface area contributed by atoms with Crippen molar-refractivity contribution in [3.05, 3.63) is 59.2 Å². The van der Waals surface area contributed by atoms with Crippen LogP contribution in [-0.4, -0.2) is 42.8 Å². The van der Waals surface area contributed by atoms with Crippen molar-refractivity contribution in [2.75, 3.05) is 29.9 Å². The summed E-state index contributed by atoms with van der Waals surface area (Å²) in [7, 11) is 0. The van der Waals surface area contributed by atoms with Crippen LogP contribution in [0, 0.1) is 13.8 Å². The molecular weight excluding hydrogens is 362 g/mol. The average Bonchev–Trinajstić information content (AvgIpc) is 2.73. The third-order valence-electron chi connectivity index (χ3n) is 5.73. The summed E-state index contributed by atoms with van der Waals surface area (Å²) in [5, 5.41) is 16.2. The Kier molecular flexibility index (Phi) is 7.29. The average molecular weight is 396 g/mol. The van der Waals surface area contributed by atoms with Crippen molar-refractivity contribution in [2.45, 2.75) is 52.2 Å². The van der Waals surface area contributed by atoms with Crippen LogP contribution in [0.15, 0.2) is 42.5 Å². The van der Waals surface area contributed by atoms with Gasteiger partial charge in [0.05, 0.1) is 6.10 Å². The number of rotatable bonds is 7. The van der Waals surface area contributed by atoms with Crippen molar-refractivity contribution in [3.63, 3.8) is 0 Å². The predicted octanol–water partition coefficient (Wildman–Crippen LogP) is 3.89. The second kappa shape index (κ2) is 9.90. The van der Waals surface area contributed by atoms with Gasteiger partial charge in [-0.05, 0) is 69.0 Å². The van der Waals surface area contributed by atoms with E-state index in [1.807, 2.05) is 51.1 Å². The Morgan fingerprint density at radius 3 is 2.45 bits per heavy atom. The fourth-order valence-corrected chi connectivity index (χ4v) is 3.81. The third kappa shape index (κ3) is 5.81. The Labute approximate surface area is 174 Å². The van der Waals surface area contributed by atoms with Gasteiger partial charge in [-0.15, -0.1) is 0 Å². The standard InChI is InChI=1S/C24H33N3O2/c1-4-22(28)16-25-19-11-13-27(14-12-19)21-8-6-20(7-9-21)26-24(29)23-10-5-17(2)15-18(23)3/h5-10,15,19,22,25,28H,4,11-14,16H2,1-3H3,(H,26,29)/t22-/m0/s1. The van der Waals surface area contributed by atoms with Crippen LogP contribution in [0.3, 0.4) is 0 Å². The molecule has 3 rings (SSSR count). The Balaban J connectivity index is 1.52. The van der Waals surface area contributed by atoms with Gasteiger partial charge in [-0.3, -0.25) is 4.79 Å². The summed E-state index contributed by atoms with van der Waals surface area (Å²) >= 11 is 0. The molecule has 0 aliphatic carbocycles. The van der Waals surface area contributed by atoms with E-state index in [0.29, 0.717) is 18.2 Å². The number of nitrogens with one attached hydrogen (secondary N) is 2. The lowest BCUT2D eigenvalue weighted by atomic mass is 10.0. The highest BCUT2D eigenvalue weighted by Gasteiger charge is 2.19. The van der Waals surface area contributed by atoms with Crippen LogP contribution in [0.2, 0.25) is 0 Å². The summed E-state index contributed by atoms with van der Waals surface area (Å²) in [5.41, 5.74) is 4.85.